The fourth-order valence-corrected chi connectivity index (χ4v) is 2.02. The summed E-state index contributed by atoms with van der Waals surface area (Å²) in [6, 6.07) is 4.10. The van der Waals surface area contributed by atoms with Gasteiger partial charge in [0.05, 0.1) is 18.5 Å². The van der Waals surface area contributed by atoms with Crippen molar-refractivity contribution in [2.75, 3.05) is 6.54 Å². The highest BCUT2D eigenvalue weighted by molar-refractivity contribution is 5.79. The van der Waals surface area contributed by atoms with Crippen LogP contribution in [0.25, 0.3) is 0 Å². The molecule has 1 aliphatic heterocycles. The van der Waals surface area contributed by atoms with Crippen LogP contribution in [0.4, 0.5) is 0 Å². The Hall–Kier alpha value is -1.83. The number of rotatable bonds is 3. The molecule has 2 unspecified atom stereocenters. The van der Waals surface area contributed by atoms with Gasteiger partial charge in [0.15, 0.2) is 0 Å². The van der Waals surface area contributed by atoms with Gasteiger partial charge in [-0.25, -0.2) is 0 Å². The first kappa shape index (κ1) is 10.7. The summed E-state index contributed by atoms with van der Waals surface area (Å²) in [4.78, 5) is 13.4. The lowest BCUT2D eigenvalue weighted by Crippen LogP contribution is -2.37. The molecule has 2 rings (SSSR count). The van der Waals surface area contributed by atoms with Gasteiger partial charge in [0.2, 0.25) is 5.91 Å². The third-order valence-electron chi connectivity index (χ3n) is 2.88. The summed E-state index contributed by atoms with van der Waals surface area (Å²) in [7, 11) is 0. The summed E-state index contributed by atoms with van der Waals surface area (Å²) in [6.07, 6.45) is 3.95. The highest BCUT2D eigenvalue weighted by Crippen LogP contribution is 2.19. The highest BCUT2D eigenvalue weighted by atomic mass is 16.2. The van der Waals surface area contributed by atoms with E-state index in [2.05, 4.69) is 11.2 Å². The number of amides is 1. The summed E-state index contributed by atoms with van der Waals surface area (Å²) < 4.78 is 1.80. The van der Waals surface area contributed by atoms with Gasteiger partial charge in [0.25, 0.3) is 0 Å². The minimum absolute atomic E-state index is 0.0752. The van der Waals surface area contributed by atoms with E-state index in [4.69, 9.17) is 5.26 Å². The van der Waals surface area contributed by atoms with Crippen LogP contribution in [0.3, 0.4) is 0 Å². The van der Waals surface area contributed by atoms with Gasteiger partial charge in [-0.1, -0.05) is 0 Å². The van der Waals surface area contributed by atoms with Gasteiger partial charge in [-0.3, -0.25) is 9.48 Å². The van der Waals surface area contributed by atoms with E-state index in [1.165, 1.54) is 0 Å². The Morgan fingerprint density at radius 3 is 3.12 bits per heavy atom. The average Bonchev–Trinajstić information content (AvgIpc) is 2.87. The third-order valence-corrected chi connectivity index (χ3v) is 2.88. The van der Waals surface area contributed by atoms with Crippen molar-refractivity contribution in [1.82, 2.24) is 14.7 Å². The van der Waals surface area contributed by atoms with Crippen molar-refractivity contribution in [2.45, 2.75) is 25.9 Å². The molecule has 0 spiro atoms. The van der Waals surface area contributed by atoms with E-state index in [1.54, 1.807) is 15.8 Å². The number of nitrogens with zero attached hydrogens (tertiary/aromatic N) is 4. The van der Waals surface area contributed by atoms with Gasteiger partial charge in [0, 0.05) is 31.4 Å². The van der Waals surface area contributed by atoms with Gasteiger partial charge >= 0.3 is 0 Å². The fraction of sp³-hybridized carbons (Fsp3) is 0.545. The number of carbonyl (C=O) groups excluding carboxylic acids is 1. The molecule has 2 heterocycles. The zero-order valence-electron chi connectivity index (χ0n) is 9.21. The average molecular weight is 218 g/mol. The smallest absolute Gasteiger partial charge is 0.224 e. The Kier molecular flexibility index (Phi) is 2.91. The van der Waals surface area contributed by atoms with E-state index >= 15 is 0 Å². The molecule has 1 amide bonds. The van der Waals surface area contributed by atoms with Crippen molar-refractivity contribution in [3.8, 4) is 6.07 Å². The molecular weight excluding hydrogens is 204 g/mol. The van der Waals surface area contributed by atoms with Crippen LogP contribution in [0.2, 0.25) is 0 Å². The van der Waals surface area contributed by atoms with E-state index in [9.17, 15) is 4.79 Å². The monoisotopic (exact) mass is 218 g/mol. The van der Waals surface area contributed by atoms with Crippen LogP contribution in [0, 0.1) is 17.2 Å². The molecule has 1 aromatic rings. The van der Waals surface area contributed by atoms with Crippen molar-refractivity contribution in [3.05, 3.63) is 18.5 Å². The summed E-state index contributed by atoms with van der Waals surface area (Å²) in [6.45, 7) is 3.22. The number of carbonyl (C=O) groups is 1. The van der Waals surface area contributed by atoms with E-state index < -0.39 is 0 Å². The maximum Gasteiger partial charge on any atom is 0.224 e. The van der Waals surface area contributed by atoms with E-state index in [0.717, 1.165) is 0 Å². The molecule has 1 aromatic heterocycles. The molecule has 1 aliphatic rings. The molecule has 0 bridgehead atoms. The van der Waals surface area contributed by atoms with Crippen molar-refractivity contribution in [3.63, 3.8) is 0 Å². The summed E-state index contributed by atoms with van der Waals surface area (Å²) >= 11 is 0. The van der Waals surface area contributed by atoms with Gasteiger partial charge in [-0.05, 0) is 13.0 Å². The molecule has 5 heteroatoms. The highest BCUT2D eigenvalue weighted by Gasteiger charge is 2.32. The molecule has 84 valence electrons. The maximum absolute atomic E-state index is 11.7. The molecule has 5 nitrogen and oxygen atoms in total. The Morgan fingerprint density at radius 1 is 1.75 bits per heavy atom. The first-order valence-electron chi connectivity index (χ1n) is 5.37. The normalized spacial score (nSPS) is 22.1. The Labute approximate surface area is 94.3 Å². The van der Waals surface area contributed by atoms with Crippen LogP contribution in [-0.4, -0.2) is 33.2 Å². The molecule has 1 fully saturated rings. The van der Waals surface area contributed by atoms with Crippen molar-refractivity contribution in [2.24, 2.45) is 5.92 Å². The number of aromatic nitrogens is 2. The first-order valence-corrected chi connectivity index (χ1v) is 5.37. The van der Waals surface area contributed by atoms with Crippen LogP contribution >= 0.6 is 0 Å². The molecule has 0 aromatic carbocycles. The minimum atomic E-state index is -0.146. The topological polar surface area (TPSA) is 61.9 Å². The third kappa shape index (κ3) is 2.06. The number of nitriles is 1. The quantitative estimate of drug-likeness (QED) is 0.748. The maximum atomic E-state index is 11.7. The lowest BCUT2D eigenvalue weighted by Gasteiger charge is -2.24. The van der Waals surface area contributed by atoms with Gasteiger partial charge in [0.1, 0.15) is 0 Å². The summed E-state index contributed by atoms with van der Waals surface area (Å²) in [5.41, 5.74) is 0. The summed E-state index contributed by atoms with van der Waals surface area (Å²) in [5.74, 6) is -0.0706. The second-order valence-electron chi connectivity index (χ2n) is 4.15. The largest absolute Gasteiger partial charge is 0.337 e. The summed E-state index contributed by atoms with van der Waals surface area (Å²) in [5, 5.41) is 12.9. The lowest BCUT2D eigenvalue weighted by atomic mass is 10.1. The number of hydrogen-bond acceptors (Lipinski definition) is 3. The Morgan fingerprint density at radius 2 is 2.56 bits per heavy atom. The predicted molar refractivity (Wildman–Crippen MR) is 57.1 cm³/mol. The second-order valence-corrected chi connectivity index (χ2v) is 4.15. The van der Waals surface area contributed by atoms with Crippen molar-refractivity contribution < 1.29 is 4.79 Å². The van der Waals surface area contributed by atoms with Gasteiger partial charge in [-0.15, -0.1) is 0 Å². The Balaban J connectivity index is 1.98. The molecule has 2 atom stereocenters. The molecule has 0 radical (unpaired) electrons. The van der Waals surface area contributed by atoms with Crippen molar-refractivity contribution >= 4 is 5.91 Å². The molecule has 0 saturated carbocycles. The van der Waals surface area contributed by atoms with Crippen LogP contribution in [-0.2, 0) is 11.3 Å². The molecule has 0 aliphatic carbocycles. The van der Waals surface area contributed by atoms with Gasteiger partial charge in [-0.2, -0.15) is 10.4 Å². The van der Waals surface area contributed by atoms with Crippen LogP contribution in [0.5, 0.6) is 0 Å². The SMILES string of the molecule is CC(Cn1cccn1)N1CC(C#N)CC1=O. The predicted octanol–water partition coefficient (Wildman–Crippen LogP) is 0.644. The number of likely N-dealkylation sites (tertiary alicyclic amines) is 1. The second kappa shape index (κ2) is 4.35. The van der Waals surface area contributed by atoms with Crippen LogP contribution < -0.4 is 0 Å². The minimum Gasteiger partial charge on any atom is -0.337 e. The van der Waals surface area contributed by atoms with Crippen molar-refractivity contribution in [1.29, 1.82) is 5.26 Å². The molecule has 16 heavy (non-hydrogen) atoms. The first-order chi connectivity index (χ1) is 7.70. The zero-order valence-corrected chi connectivity index (χ0v) is 9.21. The fourth-order valence-electron chi connectivity index (χ4n) is 2.02. The van der Waals surface area contributed by atoms with E-state index in [0.29, 0.717) is 19.5 Å². The van der Waals surface area contributed by atoms with E-state index in [-0.39, 0.29) is 17.9 Å². The molecule has 0 N–H and O–H groups in total. The van der Waals surface area contributed by atoms with Crippen LogP contribution in [0.1, 0.15) is 13.3 Å². The molecule has 1 saturated heterocycles. The van der Waals surface area contributed by atoms with Gasteiger partial charge < -0.3 is 4.90 Å². The standard InChI is InChI=1S/C11H14N4O/c1-9(7-14-4-2-3-13-14)15-8-10(6-12)5-11(15)16/h2-4,9-10H,5,7-8H2,1H3. The van der Waals surface area contributed by atoms with E-state index in [1.807, 2.05) is 19.2 Å². The number of hydrogen-bond donors (Lipinski definition) is 0. The lowest BCUT2D eigenvalue weighted by molar-refractivity contribution is -0.129. The zero-order chi connectivity index (χ0) is 11.5. The van der Waals surface area contributed by atoms with Crippen LogP contribution in [0.15, 0.2) is 18.5 Å². The molecular formula is C11H14N4O. The Bertz CT molecular complexity index is 406.